The van der Waals surface area contributed by atoms with Crippen molar-refractivity contribution in [3.8, 4) is 0 Å². The number of hydrogen-bond donors (Lipinski definition) is 2. The monoisotopic (exact) mass is 293 g/mol. The van der Waals surface area contributed by atoms with E-state index in [2.05, 4.69) is 5.32 Å². The van der Waals surface area contributed by atoms with Crippen molar-refractivity contribution in [2.75, 3.05) is 6.54 Å². The molecule has 1 aliphatic carbocycles. The number of amides is 1. The molecular weight excluding hydrogens is 274 g/mol. The van der Waals surface area contributed by atoms with Gasteiger partial charge < -0.3 is 10.4 Å². The summed E-state index contributed by atoms with van der Waals surface area (Å²) in [5.41, 5.74) is -0.227. The van der Waals surface area contributed by atoms with E-state index < -0.39 is 5.97 Å². The summed E-state index contributed by atoms with van der Waals surface area (Å²) in [6.45, 7) is 2.47. The highest BCUT2D eigenvalue weighted by Crippen LogP contribution is 2.43. The molecule has 1 amide bonds. The average molecular weight is 293 g/mol. The van der Waals surface area contributed by atoms with Crippen LogP contribution >= 0.6 is 11.3 Å². The second-order valence-electron chi connectivity index (χ2n) is 5.42. The van der Waals surface area contributed by atoms with E-state index in [-0.39, 0.29) is 17.7 Å². The summed E-state index contributed by atoms with van der Waals surface area (Å²) in [6, 6.07) is 3.99. The molecule has 1 fully saturated rings. The highest BCUT2D eigenvalue weighted by atomic mass is 32.1. The van der Waals surface area contributed by atoms with Crippen molar-refractivity contribution >= 4 is 29.3 Å². The third-order valence-electron chi connectivity index (χ3n) is 3.74. The molecule has 2 rings (SSSR count). The Labute approximate surface area is 122 Å². The number of carbonyl (C=O) groups excluding carboxylic acids is 1. The minimum absolute atomic E-state index is 0.140. The molecule has 0 spiro atoms. The van der Waals surface area contributed by atoms with E-state index in [1.807, 2.05) is 19.1 Å². The van der Waals surface area contributed by atoms with Gasteiger partial charge >= 0.3 is 5.97 Å². The van der Waals surface area contributed by atoms with Gasteiger partial charge in [0, 0.05) is 22.4 Å². The van der Waals surface area contributed by atoms with Gasteiger partial charge in [0.15, 0.2) is 0 Å². The Morgan fingerprint density at radius 3 is 2.70 bits per heavy atom. The highest BCUT2D eigenvalue weighted by molar-refractivity contribution is 7.12. The van der Waals surface area contributed by atoms with Gasteiger partial charge in [-0.1, -0.05) is 6.42 Å². The Balaban J connectivity index is 1.82. The van der Waals surface area contributed by atoms with Crippen LogP contribution in [0.15, 0.2) is 18.2 Å². The molecule has 1 aromatic heterocycles. The third-order valence-corrected chi connectivity index (χ3v) is 4.70. The van der Waals surface area contributed by atoms with Gasteiger partial charge in [0.25, 0.3) is 0 Å². The maximum absolute atomic E-state index is 11.8. The van der Waals surface area contributed by atoms with Crippen LogP contribution in [0, 0.1) is 12.3 Å². The molecule has 4 nitrogen and oxygen atoms in total. The molecule has 5 heteroatoms. The van der Waals surface area contributed by atoms with E-state index in [4.69, 9.17) is 5.11 Å². The Bertz CT molecular complexity index is 529. The molecule has 2 N–H and O–H groups in total. The molecule has 0 atom stereocenters. The lowest BCUT2D eigenvalue weighted by Crippen LogP contribution is -2.43. The van der Waals surface area contributed by atoms with E-state index >= 15 is 0 Å². The molecule has 0 aliphatic heterocycles. The van der Waals surface area contributed by atoms with Crippen LogP contribution in [0.2, 0.25) is 0 Å². The van der Waals surface area contributed by atoms with E-state index in [1.165, 1.54) is 11.0 Å². The second kappa shape index (κ2) is 6.22. The quantitative estimate of drug-likeness (QED) is 0.793. The minimum atomic E-state index is -0.788. The third kappa shape index (κ3) is 3.93. The van der Waals surface area contributed by atoms with Crippen molar-refractivity contribution in [1.29, 1.82) is 0 Å². The summed E-state index contributed by atoms with van der Waals surface area (Å²) in [7, 11) is 0. The predicted octanol–water partition coefficient (Wildman–Crippen LogP) is 2.83. The minimum Gasteiger partial charge on any atom is -0.481 e. The lowest BCUT2D eigenvalue weighted by atomic mass is 9.66. The van der Waals surface area contributed by atoms with Crippen LogP contribution in [-0.2, 0) is 9.59 Å². The van der Waals surface area contributed by atoms with Crippen LogP contribution in [0.5, 0.6) is 0 Å². The van der Waals surface area contributed by atoms with Crippen molar-refractivity contribution in [2.24, 2.45) is 5.41 Å². The SMILES string of the molecule is Cc1ccc(/C=C/C(=O)NCC2(CC(=O)O)CCC2)s1. The van der Waals surface area contributed by atoms with Crippen molar-refractivity contribution in [1.82, 2.24) is 5.32 Å². The van der Waals surface area contributed by atoms with Gasteiger partial charge in [-0.05, 0) is 43.4 Å². The normalized spacial score (nSPS) is 16.9. The maximum Gasteiger partial charge on any atom is 0.303 e. The molecule has 108 valence electrons. The number of thiophene rings is 1. The number of carboxylic acids is 1. The molecule has 0 saturated heterocycles. The number of nitrogens with one attached hydrogen (secondary N) is 1. The van der Waals surface area contributed by atoms with Gasteiger partial charge in [-0.3, -0.25) is 9.59 Å². The van der Waals surface area contributed by atoms with Crippen LogP contribution in [-0.4, -0.2) is 23.5 Å². The first-order chi connectivity index (χ1) is 9.49. The lowest BCUT2D eigenvalue weighted by molar-refractivity contribution is -0.141. The summed E-state index contributed by atoms with van der Waals surface area (Å²) < 4.78 is 0. The topological polar surface area (TPSA) is 66.4 Å². The standard InChI is InChI=1S/C15H19NO3S/c1-11-3-4-12(20-11)5-6-13(17)16-10-15(7-2-8-15)9-14(18)19/h3-6H,2,7-10H2,1H3,(H,16,17)(H,18,19)/b6-5+. The van der Waals surface area contributed by atoms with E-state index in [9.17, 15) is 9.59 Å². The van der Waals surface area contributed by atoms with Crippen molar-refractivity contribution in [2.45, 2.75) is 32.6 Å². The fraction of sp³-hybridized carbons (Fsp3) is 0.467. The van der Waals surface area contributed by atoms with Crippen molar-refractivity contribution in [3.63, 3.8) is 0 Å². The smallest absolute Gasteiger partial charge is 0.303 e. The summed E-state index contributed by atoms with van der Waals surface area (Å²) in [6.07, 6.45) is 6.26. The largest absolute Gasteiger partial charge is 0.481 e. The lowest BCUT2D eigenvalue weighted by Gasteiger charge is -2.40. The fourth-order valence-electron chi connectivity index (χ4n) is 2.45. The molecule has 1 aromatic rings. The summed E-state index contributed by atoms with van der Waals surface area (Å²) >= 11 is 1.63. The molecule has 1 saturated carbocycles. The molecule has 0 unspecified atom stereocenters. The van der Waals surface area contributed by atoms with Crippen molar-refractivity contribution in [3.05, 3.63) is 28.0 Å². The van der Waals surface area contributed by atoms with Crippen LogP contribution in [0.3, 0.4) is 0 Å². The van der Waals surface area contributed by atoms with Gasteiger partial charge in [-0.2, -0.15) is 0 Å². The molecular formula is C15H19NO3S. The first-order valence-electron chi connectivity index (χ1n) is 6.73. The Morgan fingerprint density at radius 1 is 1.45 bits per heavy atom. The second-order valence-corrected chi connectivity index (χ2v) is 6.74. The zero-order valence-electron chi connectivity index (χ0n) is 11.5. The Kier molecular flexibility index (Phi) is 4.60. The van der Waals surface area contributed by atoms with Crippen LogP contribution in [0.25, 0.3) is 6.08 Å². The fourth-order valence-corrected chi connectivity index (χ4v) is 3.23. The van der Waals surface area contributed by atoms with E-state index in [0.717, 1.165) is 24.1 Å². The highest BCUT2D eigenvalue weighted by Gasteiger charge is 2.38. The number of aryl methyl sites for hydroxylation is 1. The zero-order chi connectivity index (χ0) is 14.6. The van der Waals surface area contributed by atoms with Crippen molar-refractivity contribution < 1.29 is 14.7 Å². The number of rotatable bonds is 6. The maximum atomic E-state index is 11.8. The van der Waals surface area contributed by atoms with E-state index in [1.54, 1.807) is 17.4 Å². The Hall–Kier alpha value is -1.62. The molecule has 0 radical (unpaired) electrons. The number of hydrogen-bond acceptors (Lipinski definition) is 3. The molecule has 20 heavy (non-hydrogen) atoms. The van der Waals surface area contributed by atoms with Gasteiger partial charge in [-0.15, -0.1) is 11.3 Å². The summed E-state index contributed by atoms with van der Waals surface area (Å²) in [4.78, 5) is 24.8. The molecule has 1 aliphatic rings. The zero-order valence-corrected chi connectivity index (χ0v) is 12.3. The van der Waals surface area contributed by atoms with Crippen LogP contribution in [0.4, 0.5) is 0 Å². The van der Waals surface area contributed by atoms with E-state index in [0.29, 0.717) is 6.54 Å². The average Bonchev–Trinajstić information content (AvgIpc) is 2.75. The van der Waals surface area contributed by atoms with Gasteiger partial charge in [0.05, 0.1) is 6.42 Å². The molecule has 0 aromatic carbocycles. The summed E-state index contributed by atoms with van der Waals surface area (Å²) in [5.74, 6) is -0.948. The van der Waals surface area contributed by atoms with Gasteiger partial charge in [0.2, 0.25) is 5.91 Å². The molecule has 1 heterocycles. The molecule has 0 bridgehead atoms. The summed E-state index contributed by atoms with van der Waals surface area (Å²) in [5, 5.41) is 11.7. The van der Waals surface area contributed by atoms with Crippen LogP contribution in [0.1, 0.15) is 35.4 Å². The van der Waals surface area contributed by atoms with Gasteiger partial charge in [-0.25, -0.2) is 0 Å². The Morgan fingerprint density at radius 2 is 2.20 bits per heavy atom. The number of carboxylic acid groups (broad SMARTS) is 1. The van der Waals surface area contributed by atoms with Gasteiger partial charge in [0.1, 0.15) is 0 Å². The first-order valence-corrected chi connectivity index (χ1v) is 7.55. The number of aliphatic carboxylic acids is 1. The predicted molar refractivity (Wildman–Crippen MR) is 79.6 cm³/mol. The first kappa shape index (κ1) is 14.8. The van der Waals surface area contributed by atoms with Crippen LogP contribution < -0.4 is 5.32 Å². The number of carbonyl (C=O) groups is 2.